The quantitative estimate of drug-likeness (QED) is 0.402. The highest BCUT2D eigenvalue weighted by atomic mass is 16.1. The van der Waals surface area contributed by atoms with Crippen LogP contribution in [0.1, 0.15) is 47.5 Å². The molecule has 4 aromatic rings. The first-order valence-electron chi connectivity index (χ1n) is 13.0. The van der Waals surface area contributed by atoms with Crippen LogP contribution in [-0.2, 0) is 17.8 Å². The van der Waals surface area contributed by atoms with Crippen molar-refractivity contribution in [3.63, 3.8) is 0 Å². The van der Waals surface area contributed by atoms with Crippen LogP contribution in [0.2, 0.25) is 0 Å². The molecule has 1 fully saturated rings. The van der Waals surface area contributed by atoms with E-state index in [0.717, 1.165) is 71.9 Å². The molecule has 0 radical (unpaired) electrons. The Morgan fingerprint density at radius 1 is 0.944 bits per heavy atom. The van der Waals surface area contributed by atoms with E-state index in [1.165, 1.54) is 5.56 Å². The zero-order valence-corrected chi connectivity index (χ0v) is 21.5. The van der Waals surface area contributed by atoms with Gasteiger partial charge in [0.05, 0.1) is 5.69 Å². The van der Waals surface area contributed by atoms with Gasteiger partial charge in [0.15, 0.2) is 5.65 Å². The molecule has 2 aromatic heterocycles. The lowest BCUT2D eigenvalue weighted by Gasteiger charge is -2.32. The van der Waals surface area contributed by atoms with Gasteiger partial charge >= 0.3 is 0 Å². The van der Waals surface area contributed by atoms with Crippen LogP contribution in [-0.4, -0.2) is 44.5 Å². The molecule has 0 bridgehead atoms. The summed E-state index contributed by atoms with van der Waals surface area (Å²) in [6.07, 6.45) is 3.13. The molecular formula is C30H35N5O. The fraction of sp³-hybridized carbons (Fsp3) is 0.367. The third kappa shape index (κ3) is 5.19. The molecule has 1 amide bonds. The number of aromatic nitrogens is 3. The van der Waals surface area contributed by atoms with Crippen LogP contribution >= 0.6 is 0 Å². The highest BCUT2D eigenvalue weighted by molar-refractivity contribution is 5.80. The van der Waals surface area contributed by atoms with E-state index in [0.29, 0.717) is 12.8 Å². The van der Waals surface area contributed by atoms with Crippen LogP contribution in [0.4, 0.5) is 0 Å². The molecule has 0 spiro atoms. The lowest BCUT2D eigenvalue weighted by molar-refractivity contribution is -0.122. The second-order valence-electron chi connectivity index (χ2n) is 9.93. The first kappa shape index (κ1) is 24.2. The van der Waals surface area contributed by atoms with Gasteiger partial charge in [-0.3, -0.25) is 9.69 Å². The summed E-state index contributed by atoms with van der Waals surface area (Å²) in [5.41, 5.74) is 8.53. The summed E-state index contributed by atoms with van der Waals surface area (Å²) >= 11 is 0. The smallest absolute Gasteiger partial charge is 0.220 e. The number of piperidine rings is 1. The van der Waals surface area contributed by atoms with Crippen molar-refractivity contribution in [2.75, 3.05) is 13.1 Å². The molecule has 3 heterocycles. The van der Waals surface area contributed by atoms with E-state index >= 15 is 0 Å². The molecule has 1 N–H and O–H groups in total. The summed E-state index contributed by atoms with van der Waals surface area (Å²) < 4.78 is 1.94. The largest absolute Gasteiger partial charge is 0.353 e. The summed E-state index contributed by atoms with van der Waals surface area (Å²) in [7, 11) is 0. The first-order chi connectivity index (χ1) is 17.5. The number of nitrogens with zero attached hydrogens (tertiary/aromatic N) is 4. The molecule has 1 aliphatic heterocycles. The average Bonchev–Trinajstić information content (AvgIpc) is 3.22. The van der Waals surface area contributed by atoms with Gasteiger partial charge in [0.25, 0.3) is 0 Å². The third-order valence-corrected chi connectivity index (χ3v) is 7.37. The Bertz CT molecular complexity index is 1340. The Balaban J connectivity index is 1.20. The number of amides is 1. The number of fused-ring (bicyclic) bond motifs is 1. The number of aryl methyl sites for hydroxylation is 3. The van der Waals surface area contributed by atoms with Crippen molar-refractivity contribution in [1.29, 1.82) is 0 Å². The molecule has 0 aliphatic carbocycles. The van der Waals surface area contributed by atoms with Crippen LogP contribution in [0.25, 0.3) is 16.8 Å². The minimum Gasteiger partial charge on any atom is -0.353 e. The van der Waals surface area contributed by atoms with Gasteiger partial charge in [-0.05, 0) is 56.7 Å². The molecule has 6 heteroatoms. The highest BCUT2D eigenvalue weighted by Gasteiger charge is 2.22. The van der Waals surface area contributed by atoms with Gasteiger partial charge in [0.1, 0.15) is 0 Å². The maximum atomic E-state index is 12.8. The third-order valence-electron chi connectivity index (χ3n) is 7.37. The molecule has 2 aromatic carbocycles. The Labute approximate surface area is 213 Å². The Kier molecular flexibility index (Phi) is 7.14. The number of hydrogen-bond acceptors (Lipinski definition) is 4. The van der Waals surface area contributed by atoms with Crippen LogP contribution in [0, 0.1) is 20.8 Å². The van der Waals surface area contributed by atoms with E-state index in [9.17, 15) is 4.79 Å². The predicted molar refractivity (Wildman–Crippen MR) is 144 cm³/mol. The van der Waals surface area contributed by atoms with E-state index in [4.69, 9.17) is 10.1 Å². The zero-order valence-electron chi connectivity index (χ0n) is 21.5. The predicted octanol–water partition coefficient (Wildman–Crippen LogP) is 5.03. The maximum Gasteiger partial charge on any atom is 0.220 e. The van der Waals surface area contributed by atoms with Crippen molar-refractivity contribution < 1.29 is 4.79 Å². The highest BCUT2D eigenvalue weighted by Crippen LogP contribution is 2.29. The van der Waals surface area contributed by atoms with E-state index in [1.54, 1.807) is 0 Å². The molecule has 1 aliphatic rings. The normalized spacial score (nSPS) is 14.9. The Morgan fingerprint density at radius 2 is 1.61 bits per heavy atom. The van der Waals surface area contributed by atoms with Crippen molar-refractivity contribution in [2.45, 2.75) is 59.0 Å². The molecule has 0 atom stereocenters. The van der Waals surface area contributed by atoms with Gasteiger partial charge in [0.2, 0.25) is 5.91 Å². The van der Waals surface area contributed by atoms with E-state index in [1.807, 2.05) is 36.6 Å². The fourth-order valence-electron chi connectivity index (χ4n) is 5.39. The SMILES string of the molecule is Cc1nc2c(-c3ccccc3)c(C)nn2c(C)c1CCC(=O)NC1CCN(Cc2ccccc2)CC1. The maximum absolute atomic E-state index is 12.8. The van der Waals surface area contributed by atoms with Crippen LogP contribution in [0.3, 0.4) is 0 Å². The number of rotatable bonds is 7. The minimum absolute atomic E-state index is 0.122. The van der Waals surface area contributed by atoms with Crippen LogP contribution in [0.5, 0.6) is 0 Å². The van der Waals surface area contributed by atoms with E-state index < -0.39 is 0 Å². The second kappa shape index (κ2) is 10.6. The van der Waals surface area contributed by atoms with Gasteiger partial charge in [0, 0.05) is 49.0 Å². The van der Waals surface area contributed by atoms with E-state index in [-0.39, 0.29) is 11.9 Å². The second-order valence-corrected chi connectivity index (χ2v) is 9.93. The van der Waals surface area contributed by atoms with Crippen molar-refractivity contribution in [3.05, 3.63) is 88.9 Å². The molecule has 6 nitrogen and oxygen atoms in total. The summed E-state index contributed by atoms with van der Waals surface area (Å²) in [5, 5.41) is 8.07. The van der Waals surface area contributed by atoms with E-state index in [2.05, 4.69) is 59.6 Å². The number of carbonyl (C=O) groups is 1. The lowest BCUT2D eigenvalue weighted by atomic mass is 10.0. The van der Waals surface area contributed by atoms with Gasteiger partial charge in [-0.2, -0.15) is 5.10 Å². The summed E-state index contributed by atoms with van der Waals surface area (Å²) in [6.45, 7) is 9.17. The average molecular weight is 482 g/mol. The van der Waals surface area contributed by atoms with Crippen molar-refractivity contribution in [2.24, 2.45) is 0 Å². The Hall–Kier alpha value is -3.51. The summed E-state index contributed by atoms with van der Waals surface area (Å²) in [4.78, 5) is 20.2. The topological polar surface area (TPSA) is 62.5 Å². The fourth-order valence-corrected chi connectivity index (χ4v) is 5.39. The van der Waals surface area contributed by atoms with Crippen molar-refractivity contribution >= 4 is 11.6 Å². The molecule has 186 valence electrons. The van der Waals surface area contributed by atoms with Gasteiger partial charge < -0.3 is 5.32 Å². The molecule has 5 rings (SSSR count). The number of hydrogen-bond donors (Lipinski definition) is 1. The first-order valence-corrected chi connectivity index (χ1v) is 13.0. The minimum atomic E-state index is 0.122. The number of benzene rings is 2. The summed E-state index contributed by atoms with van der Waals surface area (Å²) in [5.74, 6) is 0.122. The number of carbonyl (C=O) groups excluding carboxylic acids is 1. The summed E-state index contributed by atoms with van der Waals surface area (Å²) in [6, 6.07) is 21.1. The number of nitrogens with one attached hydrogen (secondary N) is 1. The van der Waals surface area contributed by atoms with Crippen molar-refractivity contribution in [1.82, 2.24) is 24.8 Å². The Morgan fingerprint density at radius 3 is 2.31 bits per heavy atom. The van der Waals surface area contributed by atoms with Gasteiger partial charge in [-0.1, -0.05) is 60.7 Å². The van der Waals surface area contributed by atoms with Crippen molar-refractivity contribution in [3.8, 4) is 11.1 Å². The van der Waals surface area contributed by atoms with Gasteiger partial charge in [-0.25, -0.2) is 9.50 Å². The molecule has 0 unspecified atom stereocenters. The molecule has 36 heavy (non-hydrogen) atoms. The zero-order chi connectivity index (χ0) is 25.1. The standard InChI is InChI=1S/C30H35N5O/c1-21-27(23(3)35-30(31-21)29(22(2)33-35)25-12-8-5-9-13-25)14-15-28(36)32-26-16-18-34(19-17-26)20-24-10-6-4-7-11-24/h4-13,26H,14-20H2,1-3H3,(H,32,36). The van der Waals surface area contributed by atoms with Crippen LogP contribution in [0.15, 0.2) is 60.7 Å². The number of likely N-dealkylation sites (tertiary alicyclic amines) is 1. The molecule has 0 saturated carbocycles. The lowest BCUT2D eigenvalue weighted by Crippen LogP contribution is -2.44. The van der Waals surface area contributed by atoms with Crippen LogP contribution < -0.4 is 5.32 Å². The monoisotopic (exact) mass is 481 g/mol. The van der Waals surface area contributed by atoms with Gasteiger partial charge in [-0.15, -0.1) is 0 Å². The molecule has 1 saturated heterocycles. The molecular weight excluding hydrogens is 446 g/mol.